The number of rotatable bonds is 2. The quantitative estimate of drug-likeness (QED) is 0.689. The Morgan fingerprint density at radius 3 is 2.43 bits per heavy atom. The zero-order valence-electron chi connectivity index (χ0n) is 8.47. The molecular formula is C11H12ClNO. The van der Waals surface area contributed by atoms with E-state index < -0.39 is 0 Å². The summed E-state index contributed by atoms with van der Waals surface area (Å²) in [6.07, 6.45) is 0. The Morgan fingerprint density at radius 1 is 1.36 bits per heavy atom. The van der Waals surface area contributed by atoms with E-state index in [0.29, 0.717) is 10.7 Å². The van der Waals surface area contributed by atoms with E-state index in [0.717, 1.165) is 11.1 Å². The average molecular weight is 210 g/mol. The van der Waals surface area contributed by atoms with Crippen molar-refractivity contribution in [2.75, 3.05) is 7.05 Å². The molecule has 0 bridgehead atoms. The number of carbonyl (C=O) groups is 1. The van der Waals surface area contributed by atoms with Gasteiger partial charge in [0.15, 0.2) is 5.78 Å². The lowest BCUT2D eigenvalue weighted by atomic mass is 10.0. The van der Waals surface area contributed by atoms with Gasteiger partial charge in [-0.3, -0.25) is 9.79 Å². The molecule has 0 aliphatic carbocycles. The van der Waals surface area contributed by atoms with Crippen molar-refractivity contribution in [1.29, 1.82) is 0 Å². The maximum absolute atomic E-state index is 11.2. The molecule has 0 fully saturated rings. The van der Waals surface area contributed by atoms with E-state index in [1.807, 2.05) is 19.1 Å². The van der Waals surface area contributed by atoms with Crippen LogP contribution in [0.4, 0.5) is 0 Å². The van der Waals surface area contributed by atoms with Gasteiger partial charge in [0.1, 0.15) is 5.71 Å². The predicted octanol–water partition coefficient (Wildman–Crippen LogP) is 2.66. The second-order valence-corrected chi connectivity index (χ2v) is 3.58. The summed E-state index contributed by atoms with van der Waals surface area (Å²) in [5.74, 6) is -0.0471. The number of benzene rings is 1. The number of Topliss-reactive ketones (excluding diaryl/α,β-unsaturated/α-hetero) is 1. The van der Waals surface area contributed by atoms with E-state index >= 15 is 0 Å². The van der Waals surface area contributed by atoms with Crippen molar-refractivity contribution in [3.8, 4) is 0 Å². The molecule has 0 aromatic heterocycles. The number of halogens is 1. The highest BCUT2D eigenvalue weighted by Crippen LogP contribution is 2.15. The monoisotopic (exact) mass is 209 g/mol. The largest absolute Gasteiger partial charge is 0.293 e. The van der Waals surface area contributed by atoms with Crippen LogP contribution in [-0.4, -0.2) is 18.5 Å². The van der Waals surface area contributed by atoms with Crippen LogP contribution in [-0.2, 0) is 4.79 Å². The second kappa shape index (κ2) is 4.38. The van der Waals surface area contributed by atoms with E-state index in [1.165, 1.54) is 6.92 Å². The molecule has 0 unspecified atom stereocenters. The maximum atomic E-state index is 11.2. The topological polar surface area (TPSA) is 29.4 Å². The minimum atomic E-state index is -0.0471. The Labute approximate surface area is 88.6 Å². The Kier molecular flexibility index (Phi) is 3.42. The highest BCUT2D eigenvalue weighted by Gasteiger charge is 2.08. The molecule has 1 aromatic rings. The van der Waals surface area contributed by atoms with Gasteiger partial charge in [-0.05, 0) is 30.7 Å². The van der Waals surface area contributed by atoms with E-state index in [-0.39, 0.29) is 5.78 Å². The molecule has 0 aliphatic rings. The minimum Gasteiger partial charge on any atom is -0.293 e. The molecule has 0 N–H and O–H groups in total. The molecule has 0 aliphatic heterocycles. The number of ketones is 1. The first-order valence-corrected chi connectivity index (χ1v) is 4.67. The molecular weight excluding hydrogens is 198 g/mol. The van der Waals surface area contributed by atoms with Crippen LogP contribution in [0.25, 0.3) is 0 Å². The lowest BCUT2D eigenvalue weighted by molar-refractivity contribution is -0.111. The van der Waals surface area contributed by atoms with E-state index in [9.17, 15) is 4.79 Å². The van der Waals surface area contributed by atoms with Gasteiger partial charge in [-0.15, -0.1) is 0 Å². The third-order valence-electron chi connectivity index (χ3n) is 1.87. The molecule has 0 saturated heterocycles. The summed E-state index contributed by atoms with van der Waals surface area (Å²) in [4.78, 5) is 15.2. The number of hydrogen-bond acceptors (Lipinski definition) is 2. The molecule has 74 valence electrons. The highest BCUT2D eigenvalue weighted by atomic mass is 35.5. The van der Waals surface area contributed by atoms with Crippen LogP contribution >= 0.6 is 11.6 Å². The lowest BCUT2D eigenvalue weighted by Crippen LogP contribution is -2.11. The first kappa shape index (κ1) is 10.9. The first-order valence-electron chi connectivity index (χ1n) is 4.30. The molecule has 0 heterocycles. The summed E-state index contributed by atoms with van der Waals surface area (Å²) < 4.78 is 0. The van der Waals surface area contributed by atoms with Crippen molar-refractivity contribution < 1.29 is 4.79 Å². The van der Waals surface area contributed by atoms with Crippen LogP contribution in [0.5, 0.6) is 0 Å². The first-order chi connectivity index (χ1) is 6.54. The zero-order chi connectivity index (χ0) is 10.7. The summed E-state index contributed by atoms with van der Waals surface area (Å²) in [6, 6.07) is 5.49. The SMILES string of the molecule is CN=C(C(C)=O)c1cc(C)cc(Cl)c1. The summed E-state index contributed by atoms with van der Waals surface area (Å²) in [6.45, 7) is 3.43. The Balaban J connectivity index is 3.24. The van der Waals surface area contributed by atoms with Gasteiger partial charge < -0.3 is 0 Å². The van der Waals surface area contributed by atoms with Crippen molar-refractivity contribution in [2.24, 2.45) is 4.99 Å². The Hall–Kier alpha value is -1.15. The highest BCUT2D eigenvalue weighted by molar-refractivity contribution is 6.45. The number of aryl methyl sites for hydroxylation is 1. The van der Waals surface area contributed by atoms with Crippen LogP contribution in [0.1, 0.15) is 18.1 Å². The van der Waals surface area contributed by atoms with Gasteiger partial charge in [-0.2, -0.15) is 0 Å². The molecule has 14 heavy (non-hydrogen) atoms. The van der Waals surface area contributed by atoms with E-state index in [4.69, 9.17) is 11.6 Å². The Morgan fingerprint density at radius 2 is 2.00 bits per heavy atom. The maximum Gasteiger partial charge on any atom is 0.178 e. The number of nitrogens with zero attached hydrogens (tertiary/aromatic N) is 1. The fraction of sp³-hybridized carbons (Fsp3) is 0.273. The van der Waals surface area contributed by atoms with Gasteiger partial charge in [0, 0.05) is 24.6 Å². The number of aliphatic imine (C=N–C) groups is 1. The van der Waals surface area contributed by atoms with Crippen LogP contribution in [0.3, 0.4) is 0 Å². The van der Waals surface area contributed by atoms with Gasteiger partial charge in [-0.25, -0.2) is 0 Å². The molecule has 0 saturated carbocycles. The Bertz CT molecular complexity index is 376. The zero-order valence-corrected chi connectivity index (χ0v) is 9.22. The molecule has 1 aromatic carbocycles. The van der Waals surface area contributed by atoms with Gasteiger partial charge in [0.25, 0.3) is 0 Å². The van der Waals surface area contributed by atoms with Gasteiger partial charge in [-0.1, -0.05) is 11.6 Å². The molecule has 0 atom stereocenters. The third kappa shape index (κ3) is 2.42. The van der Waals surface area contributed by atoms with E-state index in [2.05, 4.69) is 4.99 Å². The van der Waals surface area contributed by atoms with Crippen molar-refractivity contribution >= 4 is 23.1 Å². The van der Waals surface area contributed by atoms with Crippen LogP contribution in [0, 0.1) is 6.92 Å². The van der Waals surface area contributed by atoms with Gasteiger partial charge >= 0.3 is 0 Å². The molecule has 0 amide bonds. The average Bonchev–Trinajstić information content (AvgIpc) is 2.02. The fourth-order valence-corrected chi connectivity index (χ4v) is 1.65. The third-order valence-corrected chi connectivity index (χ3v) is 2.09. The lowest BCUT2D eigenvalue weighted by Gasteiger charge is -2.04. The number of carbonyl (C=O) groups excluding carboxylic acids is 1. The van der Waals surface area contributed by atoms with Crippen molar-refractivity contribution in [3.05, 3.63) is 34.3 Å². The smallest absolute Gasteiger partial charge is 0.178 e. The van der Waals surface area contributed by atoms with Crippen LogP contribution in [0.2, 0.25) is 5.02 Å². The summed E-state index contributed by atoms with van der Waals surface area (Å²) in [5, 5.41) is 0.627. The van der Waals surface area contributed by atoms with Crippen molar-refractivity contribution in [3.63, 3.8) is 0 Å². The summed E-state index contributed by atoms with van der Waals surface area (Å²) in [7, 11) is 1.60. The van der Waals surface area contributed by atoms with Gasteiger partial charge in [0.2, 0.25) is 0 Å². The fourth-order valence-electron chi connectivity index (χ4n) is 1.36. The summed E-state index contributed by atoms with van der Waals surface area (Å²) in [5.41, 5.74) is 2.27. The van der Waals surface area contributed by atoms with E-state index in [1.54, 1.807) is 13.1 Å². The molecule has 2 nitrogen and oxygen atoms in total. The predicted molar refractivity (Wildman–Crippen MR) is 59.3 cm³/mol. The van der Waals surface area contributed by atoms with Crippen LogP contribution in [0.15, 0.2) is 23.2 Å². The van der Waals surface area contributed by atoms with Crippen molar-refractivity contribution in [1.82, 2.24) is 0 Å². The summed E-state index contributed by atoms with van der Waals surface area (Å²) >= 11 is 5.89. The standard InChI is InChI=1S/C11H12ClNO/c1-7-4-9(6-10(12)5-7)11(13-3)8(2)14/h4-6H,1-3H3. The second-order valence-electron chi connectivity index (χ2n) is 3.15. The normalized spacial score (nSPS) is 11.6. The molecule has 0 radical (unpaired) electrons. The number of hydrogen-bond donors (Lipinski definition) is 0. The van der Waals surface area contributed by atoms with Crippen molar-refractivity contribution in [2.45, 2.75) is 13.8 Å². The van der Waals surface area contributed by atoms with Gasteiger partial charge in [0.05, 0.1) is 0 Å². The van der Waals surface area contributed by atoms with Crippen LogP contribution < -0.4 is 0 Å². The molecule has 1 rings (SSSR count). The molecule has 3 heteroatoms. The minimum absolute atomic E-state index is 0.0471. The molecule has 0 spiro atoms.